The first-order valence-corrected chi connectivity index (χ1v) is 6.37. The third kappa shape index (κ3) is 2.85. The predicted molar refractivity (Wildman–Crippen MR) is 69.9 cm³/mol. The molecule has 1 aromatic rings. The van der Waals surface area contributed by atoms with Gasteiger partial charge in [-0.15, -0.1) is 0 Å². The molecule has 19 heavy (non-hydrogen) atoms. The van der Waals surface area contributed by atoms with E-state index in [1.165, 1.54) is 0 Å². The fraction of sp³-hybridized carbons (Fsp3) is 0.500. The molecule has 0 radical (unpaired) electrons. The Labute approximate surface area is 111 Å². The van der Waals surface area contributed by atoms with E-state index in [4.69, 9.17) is 5.73 Å². The molecule has 5 heteroatoms. The molecule has 1 unspecified atom stereocenters. The molecule has 106 valence electrons. The van der Waals surface area contributed by atoms with Crippen LogP contribution < -0.4 is 5.73 Å². The molecule has 0 saturated heterocycles. The second-order valence-corrected chi connectivity index (χ2v) is 4.69. The van der Waals surface area contributed by atoms with Crippen molar-refractivity contribution in [2.45, 2.75) is 44.9 Å². The van der Waals surface area contributed by atoms with Crippen molar-refractivity contribution in [1.29, 1.82) is 0 Å². The van der Waals surface area contributed by atoms with Crippen LogP contribution in [-0.4, -0.2) is 11.1 Å². The molecule has 1 rings (SSSR count). The van der Waals surface area contributed by atoms with E-state index < -0.39 is 23.0 Å². The number of unbranched alkanes of at least 4 members (excludes halogenated alkanes) is 1. The molecule has 0 aromatic heterocycles. The highest BCUT2D eigenvalue weighted by Crippen LogP contribution is 2.38. The fourth-order valence-corrected chi connectivity index (χ4v) is 2.33. The second-order valence-electron chi connectivity index (χ2n) is 4.69. The summed E-state index contributed by atoms with van der Waals surface area (Å²) in [6, 6.07) is 1.70. The summed E-state index contributed by atoms with van der Waals surface area (Å²) >= 11 is 0. The maximum Gasteiger partial charge on any atom is 0.314 e. The third-order valence-corrected chi connectivity index (χ3v) is 3.58. The Balaban J connectivity index is 3.43. The van der Waals surface area contributed by atoms with Gasteiger partial charge in [-0.2, -0.15) is 0 Å². The van der Waals surface area contributed by atoms with Crippen molar-refractivity contribution >= 4 is 11.7 Å². The highest BCUT2D eigenvalue weighted by atomic mass is 19.1. The van der Waals surface area contributed by atoms with Gasteiger partial charge < -0.3 is 10.8 Å². The van der Waals surface area contributed by atoms with E-state index in [1.807, 2.05) is 6.92 Å². The Hall–Kier alpha value is -1.65. The molecule has 0 amide bonds. The number of rotatable bonds is 6. The molecule has 0 aliphatic carbocycles. The van der Waals surface area contributed by atoms with Crippen LogP contribution in [0.5, 0.6) is 0 Å². The SMILES string of the molecule is CCCCC(CC)(C(=O)O)c1cc(F)cc(F)c1N. The molecule has 0 heterocycles. The minimum atomic E-state index is -1.33. The molecule has 1 aromatic carbocycles. The monoisotopic (exact) mass is 271 g/mol. The summed E-state index contributed by atoms with van der Waals surface area (Å²) < 4.78 is 26.9. The van der Waals surface area contributed by atoms with E-state index in [9.17, 15) is 18.7 Å². The number of nitrogens with two attached hydrogens (primary N) is 1. The Morgan fingerprint density at radius 3 is 2.47 bits per heavy atom. The number of anilines is 1. The number of carboxylic acid groups (broad SMARTS) is 1. The number of nitrogen functional groups attached to an aromatic ring is 1. The van der Waals surface area contributed by atoms with E-state index >= 15 is 0 Å². The Kier molecular flexibility index (Phi) is 4.86. The highest BCUT2D eigenvalue weighted by Gasteiger charge is 2.40. The van der Waals surface area contributed by atoms with Gasteiger partial charge in [-0.3, -0.25) is 4.79 Å². The van der Waals surface area contributed by atoms with Gasteiger partial charge in [-0.1, -0.05) is 26.7 Å². The van der Waals surface area contributed by atoms with E-state index in [1.54, 1.807) is 6.92 Å². The third-order valence-electron chi connectivity index (χ3n) is 3.58. The number of benzene rings is 1. The maximum atomic E-state index is 13.5. The first-order chi connectivity index (χ1) is 8.89. The lowest BCUT2D eigenvalue weighted by Gasteiger charge is -2.30. The average molecular weight is 271 g/mol. The molecule has 0 aliphatic rings. The van der Waals surface area contributed by atoms with Gasteiger partial charge in [-0.05, 0) is 24.5 Å². The Morgan fingerprint density at radius 1 is 1.37 bits per heavy atom. The highest BCUT2D eigenvalue weighted by molar-refractivity contribution is 5.83. The quantitative estimate of drug-likeness (QED) is 0.779. The van der Waals surface area contributed by atoms with E-state index in [0.29, 0.717) is 18.9 Å². The normalized spacial score (nSPS) is 14.1. The zero-order valence-corrected chi connectivity index (χ0v) is 11.2. The molecule has 0 fully saturated rings. The van der Waals surface area contributed by atoms with Crippen molar-refractivity contribution in [3.63, 3.8) is 0 Å². The molecule has 0 aliphatic heterocycles. The first kappa shape index (κ1) is 15.4. The molecule has 0 saturated carbocycles. The van der Waals surface area contributed by atoms with Crippen molar-refractivity contribution in [3.8, 4) is 0 Å². The van der Waals surface area contributed by atoms with Gasteiger partial charge in [0.15, 0.2) is 0 Å². The van der Waals surface area contributed by atoms with Gasteiger partial charge >= 0.3 is 5.97 Å². The van der Waals surface area contributed by atoms with Crippen LogP contribution in [0, 0.1) is 11.6 Å². The first-order valence-electron chi connectivity index (χ1n) is 6.37. The topological polar surface area (TPSA) is 63.3 Å². The van der Waals surface area contributed by atoms with Crippen molar-refractivity contribution in [2.24, 2.45) is 0 Å². The maximum absolute atomic E-state index is 13.5. The molecule has 1 atom stereocenters. The minimum Gasteiger partial charge on any atom is -0.481 e. The average Bonchev–Trinajstić information content (AvgIpc) is 2.35. The van der Waals surface area contributed by atoms with Gasteiger partial charge in [0.2, 0.25) is 0 Å². The van der Waals surface area contributed by atoms with Gasteiger partial charge in [0, 0.05) is 6.07 Å². The standard InChI is InChI=1S/C14H19F2NO2/c1-3-5-6-14(4-2,13(18)19)10-7-9(15)8-11(16)12(10)17/h7-8H,3-6,17H2,1-2H3,(H,18,19). The number of carboxylic acids is 1. The van der Waals surface area contributed by atoms with Gasteiger partial charge in [0.25, 0.3) is 0 Å². The number of hydrogen-bond donors (Lipinski definition) is 2. The molecular weight excluding hydrogens is 252 g/mol. The van der Waals surface area contributed by atoms with Crippen molar-refractivity contribution in [2.75, 3.05) is 5.73 Å². The summed E-state index contributed by atoms with van der Waals surface area (Å²) in [6.07, 6.45) is 1.99. The van der Waals surface area contributed by atoms with Gasteiger partial charge in [0.1, 0.15) is 11.6 Å². The summed E-state index contributed by atoms with van der Waals surface area (Å²) in [6.45, 7) is 3.61. The Morgan fingerprint density at radius 2 is 2.00 bits per heavy atom. The molecule has 3 nitrogen and oxygen atoms in total. The number of halogens is 2. The minimum absolute atomic E-state index is 0.0356. The van der Waals surface area contributed by atoms with E-state index in [0.717, 1.165) is 12.5 Å². The predicted octanol–water partition coefficient (Wildman–Crippen LogP) is 3.47. The molecular formula is C14H19F2NO2. The van der Waals surface area contributed by atoms with Crippen LogP contribution in [0.4, 0.5) is 14.5 Å². The van der Waals surface area contributed by atoms with Crippen LogP contribution >= 0.6 is 0 Å². The van der Waals surface area contributed by atoms with Crippen LogP contribution in [0.1, 0.15) is 45.1 Å². The van der Waals surface area contributed by atoms with Crippen LogP contribution in [-0.2, 0) is 10.2 Å². The molecule has 0 spiro atoms. The number of carbonyl (C=O) groups is 1. The van der Waals surface area contributed by atoms with E-state index in [2.05, 4.69) is 0 Å². The summed E-state index contributed by atoms with van der Waals surface area (Å²) in [5, 5.41) is 9.51. The van der Waals surface area contributed by atoms with Crippen molar-refractivity contribution in [3.05, 3.63) is 29.3 Å². The number of hydrogen-bond acceptors (Lipinski definition) is 2. The van der Waals surface area contributed by atoms with Crippen LogP contribution in [0.15, 0.2) is 12.1 Å². The zero-order chi connectivity index (χ0) is 14.6. The summed E-state index contributed by atoms with van der Waals surface area (Å²) in [4.78, 5) is 11.6. The van der Waals surface area contributed by atoms with Crippen molar-refractivity contribution in [1.82, 2.24) is 0 Å². The van der Waals surface area contributed by atoms with E-state index in [-0.39, 0.29) is 17.7 Å². The summed E-state index contributed by atoms with van der Waals surface area (Å²) in [5.41, 5.74) is 4.05. The lowest BCUT2D eigenvalue weighted by molar-refractivity contribution is -0.144. The van der Waals surface area contributed by atoms with Crippen LogP contribution in [0.3, 0.4) is 0 Å². The molecule has 3 N–H and O–H groups in total. The Bertz CT molecular complexity index is 477. The lowest BCUT2D eigenvalue weighted by atomic mass is 9.73. The van der Waals surface area contributed by atoms with Crippen LogP contribution in [0.25, 0.3) is 0 Å². The smallest absolute Gasteiger partial charge is 0.314 e. The van der Waals surface area contributed by atoms with Crippen molar-refractivity contribution < 1.29 is 18.7 Å². The van der Waals surface area contributed by atoms with Gasteiger partial charge in [0.05, 0.1) is 11.1 Å². The second kappa shape index (κ2) is 5.99. The number of aliphatic carboxylic acids is 1. The summed E-state index contributed by atoms with van der Waals surface area (Å²) in [7, 11) is 0. The molecule has 0 bridgehead atoms. The lowest BCUT2D eigenvalue weighted by Crippen LogP contribution is -2.36. The van der Waals surface area contributed by atoms with Crippen LogP contribution in [0.2, 0.25) is 0 Å². The largest absolute Gasteiger partial charge is 0.481 e. The summed E-state index contributed by atoms with van der Waals surface area (Å²) in [5.74, 6) is -2.82. The van der Waals surface area contributed by atoms with Gasteiger partial charge in [-0.25, -0.2) is 8.78 Å². The zero-order valence-electron chi connectivity index (χ0n) is 11.2. The fourth-order valence-electron chi connectivity index (χ4n) is 2.33.